The Labute approximate surface area is 129 Å². The first kappa shape index (κ1) is 17.1. The number of methoxy groups -OCH3 is 2. The molecule has 0 aromatic rings. The van der Waals surface area contributed by atoms with Crippen molar-refractivity contribution in [1.82, 2.24) is 10.6 Å². The minimum Gasteiger partial charge on any atom is -0.354 e. The normalized spacial score (nSPS) is 23.1. The van der Waals surface area contributed by atoms with Crippen molar-refractivity contribution in [2.45, 2.75) is 43.9 Å². The summed E-state index contributed by atoms with van der Waals surface area (Å²) in [5.41, 5.74) is 0. The van der Waals surface area contributed by atoms with Crippen LogP contribution in [-0.4, -0.2) is 63.9 Å². The van der Waals surface area contributed by atoms with Gasteiger partial charge in [-0.3, -0.25) is 9.59 Å². The lowest BCUT2D eigenvalue weighted by molar-refractivity contribution is -0.161. The molecule has 1 heterocycles. The van der Waals surface area contributed by atoms with Crippen LogP contribution in [0, 0.1) is 0 Å². The standard InChI is InChI=1S/C14H24N2O6/c1-19-11(20-2)8-16-13(18)12(17)15-7-10-9-21-14(22-10)5-3-4-6-14/h10-11H,3-9H2,1-2H3,(H,15,17)(H,16,18)/t10-/m1/s1. The first-order valence-electron chi connectivity index (χ1n) is 7.52. The molecule has 1 aliphatic carbocycles. The number of nitrogens with one attached hydrogen (secondary N) is 2. The maximum atomic E-state index is 11.7. The average molecular weight is 316 g/mol. The molecule has 8 nitrogen and oxygen atoms in total. The van der Waals surface area contributed by atoms with E-state index in [-0.39, 0.29) is 19.2 Å². The van der Waals surface area contributed by atoms with E-state index >= 15 is 0 Å². The summed E-state index contributed by atoms with van der Waals surface area (Å²) in [4.78, 5) is 23.3. The van der Waals surface area contributed by atoms with Crippen molar-refractivity contribution in [3.63, 3.8) is 0 Å². The van der Waals surface area contributed by atoms with Crippen molar-refractivity contribution in [3.05, 3.63) is 0 Å². The van der Waals surface area contributed by atoms with Crippen LogP contribution in [0.5, 0.6) is 0 Å². The maximum absolute atomic E-state index is 11.7. The molecule has 2 N–H and O–H groups in total. The van der Waals surface area contributed by atoms with E-state index in [4.69, 9.17) is 18.9 Å². The van der Waals surface area contributed by atoms with Gasteiger partial charge in [-0.2, -0.15) is 0 Å². The Morgan fingerprint density at radius 1 is 1.18 bits per heavy atom. The van der Waals surface area contributed by atoms with Crippen LogP contribution in [0.3, 0.4) is 0 Å². The minimum atomic E-state index is -0.728. The number of amides is 2. The number of carbonyl (C=O) groups is 2. The summed E-state index contributed by atoms with van der Waals surface area (Å²) in [5, 5.41) is 4.99. The van der Waals surface area contributed by atoms with Gasteiger partial charge in [-0.25, -0.2) is 0 Å². The number of ether oxygens (including phenoxy) is 4. The Hall–Kier alpha value is -1.22. The van der Waals surface area contributed by atoms with Gasteiger partial charge in [0.1, 0.15) is 6.10 Å². The molecule has 1 saturated carbocycles. The highest BCUT2D eigenvalue weighted by Gasteiger charge is 2.43. The predicted octanol–water partition coefficient (Wildman–Crippen LogP) is -0.477. The van der Waals surface area contributed by atoms with Crippen molar-refractivity contribution in [2.24, 2.45) is 0 Å². The molecule has 0 radical (unpaired) electrons. The van der Waals surface area contributed by atoms with Crippen molar-refractivity contribution < 1.29 is 28.5 Å². The third-order valence-corrected chi connectivity index (χ3v) is 3.93. The van der Waals surface area contributed by atoms with Crippen molar-refractivity contribution in [3.8, 4) is 0 Å². The van der Waals surface area contributed by atoms with Crippen LogP contribution in [0.15, 0.2) is 0 Å². The molecule has 2 amide bonds. The summed E-state index contributed by atoms with van der Waals surface area (Å²) >= 11 is 0. The van der Waals surface area contributed by atoms with Crippen LogP contribution in [0.25, 0.3) is 0 Å². The molecule has 0 bridgehead atoms. The van der Waals surface area contributed by atoms with E-state index in [2.05, 4.69) is 10.6 Å². The summed E-state index contributed by atoms with van der Waals surface area (Å²) in [5.74, 6) is -1.89. The lowest BCUT2D eigenvalue weighted by atomic mass is 10.2. The average Bonchev–Trinajstić information content (AvgIpc) is 3.16. The highest BCUT2D eigenvalue weighted by atomic mass is 16.7. The molecule has 8 heteroatoms. The van der Waals surface area contributed by atoms with Crippen LogP contribution in [0.4, 0.5) is 0 Å². The van der Waals surface area contributed by atoms with Gasteiger partial charge in [0.15, 0.2) is 12.1 Å². The largest absolute Gasteiger partial charge is 0.354 e. The van der Waals surface area contributed by atoms with Crippen molar-refractivity contribution >= 4 is 11.8 Å². The van der Waals surface area contributed by atoms with Crippen LogP contribution >= 0.6 is 0 Å². The second kappa shape index (κ2) is 7.87. The topological polar surface area (TPSA) is 95.1 Å². The molecule has 2 rings (SSSR count). The zero-order valence-corrected chi connectivity index (χ0v) is 13.1. The smallest absolute Gasteiger partial charge is 0.309 e. The lowest BCUT2D eigenvalue weighted by Crippen LogP contribution is -2.45. The summed E-state index contributed by atoms with van der Waals surface area (Å²) in [6.45, 7) is 0.800. The quantitative estimate of drug-likeness (QED) is 0.508. The fraction of sp³-hybridized carbons (Fsp3) is 0.857. The Balaban J connectivity index is 1.66. The van der Waals surface area contributed by atoms with E-state index in [1.54, 1.807) is 0 Å². The Morgan fingerprint density at radius 2 is 1.82 bits per heavy atom. The monoisotopic (exact) mass is 316 g/mol. The van der Waals surface area contributed by atoms with E-state index in [9.17, 15) is 9.59 Å². The van der Waals surface area contributed by atoms with Crippen LogP contribution in [-0.2, 0) is 28.5 Å². The summed E-state index contributed by atoms with van der Waals surface area (Å²) in [6, 6.07) is 0. The molecule has 22 heavy (non-hydrogen) atoms. The molecule has 126 valence electrons. The van der Waals surface area contributed by atoms with E-state index in [0.29, 0.717) is 6.61 Å². The Kier molecular flexibility index (Phi) is 6.13. The van der Waals surface area contributed by atoms with E-state index in [1.165, 1.54) is 14.2 Å². The van der Waals surface area contributed by atoms with Crippen LogP contribution in [0.1, 0.15) is 25.7 Å². The lowest BCUT2D eigenvalue weighted by Gasteiger charge is -2.21. The number of hydrogen-bond donors (Lipinski definition) is 2. The molecule has 1 spiro atoms. The fourth-order valence-corrected chi connectivity index (χ4v) is 2.70. The zero-order chi connectivity index (χ0) is 16.0. The highest BCUT2D eigenvalue weighted by Crippen LogP contribution is 2.38. The SMILES string of the molecule is COC(CNC(=O)C(=O)NC[C@@H]1COC2(CCCC2)O1)OC. The molecule has 1 atom stereocenters. The van der Waals surface area contributed by atoms with Gasteiger partial charge in [-0.15, -0.1) is 0 Å². The van der Waals surface area contributed by atoms with Gasteiger partial charge in [-0.1, -0.05) is 0 Å². The first-order chi connectivity index (χ1) is 10.6. The fourth-order valence-electron chi connectivity index (χ4n) is 2.70. The molecule has 2 aliphatic rings. The second-order valence-corrected chi connectivity index (χ2v) is 5.49. The van der Waals surface area contributed by atoms with Gasteiger partial charge in [0, 0.05) is 33.6 Å². The second-order valence-electron chi connectivity index (χ2n) is 5.49. The number of carbonyl (C=O) groups excluding carboxylic acids is 2. The molecular formula is C14H24N2O6. The minimum absolute atomic E-state index is 0.103. The highest BCUT2D eigenvalue weighted by molar-refractivity contribution is 6.35. The van der Waals surface area contributed by atoms with E-state index in [0.717, 1.165) is 25.7 Å². The van der Waals surface area contributed by atoms with Crippen LogP contribution < -0.4 is 10.6 Å². The number of rotatable bonds is 6. The van der Waals surface area contributed by atoms with Gasteiger partial charge < -0.3 is 29.6 Å². The van der Waals surface area contributed by atoms with Crippen molar-refractivity contribution in [1.29, 1.82) is 0 Å². The summed E-state index contributed by atoms with van der Waals surface area (Å²) < 4.78 is 21.4. The molecule has 1 saturated heterocycles. The van der Waals surface area contributed by atoms with E-state index in [1.807, 2.05) is 0 Å². The zero-order valence-electron chi connectivity index (χ0n) is 13.1. The predicted molar refractivity (Wildman–Crippen MR) is 75.8 cm³/mol. The van der Waals surface area contributed by atoms with Gasteiger partial charge in [0.05, 0.1) is 13.2 Å². The maximum Gasteiger partial charge on any atom is 0.309 e. The molecule has 1 aliphatic heterocycles. The van der Waals surface area contributed by atoms with Crippen LogP contribution in [0.2, 0.25) is 0 Å². The molecule has 0 aromatic carbocycles. The number of hydrogen-bond acceptors (Lipinski definition) is 6. The molecular weight excluding hydrogens is 292 g/mol. The van der Waals surface area contributed by atoms with Gasteiger partial charge in [0.25, 0.3) is 0 Å². The van der Waals surface area contributed by atoms with Crippen molar-refractivity contribution in [2.75, 3.05) is 33.9 Å². The van der Waals surface area contributed by atoms with Gasteiger partial charge >= 0.3 is 11.8 Å². The Bertz CT molecular complexity index is 393. The summed E-state index contributed by atoms with van der Waals surface area (Å²) in [7, 11) is 2.91. The third-order valence-electron chi connectivity index (χ3n) is 3.93. The van der Waals surface area contributed by atoms with E-state index < -0.39 is 23.9 Å². The Morgan fingerprint density at radius 3 is 2.45 bits per heavy atom. The van der Waals surface area contributed by atoms with Gasteiger partial charge in [-0.05, 0) is 12.8 Å². The summed E-state index contributed by atoms with van der Waals surface area (Å²) in [6.07, 6.45) is 3.20. The molecule has 0 aromatic heterocycles. The molecule has 2 fully saturated rings. The molecule has 0 unspecified atom stereocenters. The van der Waals surface area contributed by atoms with Gasteiger partial charge in [0.2, 0.25) is 0 Å². The third kappa shape index (κ3) is 4.39. The first-order valence-corrected chi connectivity index (χ1v) is 7.52.